The predicted octanol–water partition coefficient (Wildman–Crippen LogP) is 2.53. The number of fused-ring (bicyclic) bond motifs is 1. The molecule has 1 saturated heterocycles. The lowest BCUT2D eigenvalue weighted by molar-refractivity contribution is -0.150. The van der Waals surface area contributed by atoms with Crippen LogP contribution < -0.4 is 11.1 Å². The van der Waals surface area contributed by atoms with Crippen LogP contribution in [0.2, 0.25) is 0 Å². The summed E-state index contributed by atoms with van der Waals surface area (Å²) in [4.78, 5) is 50.0. The lowest BCUT2D eigenvalue weighted by atomic mass is 10.0. The summed E-state index contributed by atoms with van der Waals surface area (Å²) in [5.74, 6) is -1.62. The van der Waals surface area contributed by atoms with Crippen molar-refractivity contribution in [1.82, 2.24) is 25.0 Å². The smallest absolute Gasteiger partial charge is 0.353 e. The van der Waals surface area contributed by atoms with Crippen molar-refractivity contribution in [2.75, 3.05) is 18.1 Å². The molecule has 3 aliphatic rings. The first-order valence-corrected chi connectivity index (χ1v) is 15.1. The van der Waals surface area contributed by atoms with E-state index in [2.05, 4.69) is 20.6 Å². The number of aromatic nitrogens is 3. The number of nitrogens with two attached hydrogens (primary N) is 1. The normalized spacial score (nSPS) is 20.6. The third kappa shape index (κ3) is 5.19. The molecule has 0 spiro atoms. The zero-order valence-electron chi connectivity index (χ0n) is 20.8. The molecule has 40 heavy (non-hydrogen) atoms. The summed E-state index contributed by atoms with van der Waals surface area (Å²) in [6.07, 6.45) is 3.75. The number of oxime groups is 1. The summed E-state index contributed by atoms with van der Waals surface area (Å²) in [6.45, 7) is 0.390. The summed E-state index contributed by atoms with van der Waals surface area (Å²) in [5.41, 5.74) is 6.64. The molecule has 6 rings (SSSR count). The number of thioether (sulfide) groups is 2. The SMILES string of the molecule is Nc1nc(/C(=N\OCC2CC2)C(=O)N[C@@H]2C(=O)N3C(C(=O)O)=C(Sc4ccnn4-c4ccccc4)CS[C@H]23)cs1. The Kier molecular flexibility index (Phi) is 7.25. The maximum Gasteiger partial charge on any atom is 0.353 e. The monoisotopic (exact) mass is 597 g/mol. The van der Waals surface area contributed by atoms with Gasteiger partial charge in [0.15, 0.2) is 10.8 Å². The number of rotatable bonds is 10. The molecule has 1 aliphatic carbocycles. The molecule has 15 heteroatoms. The van der Waals surface area contributed by atoms with Gasteiger partial charge in [0.05, 0.1) is 11.9 Å². The number of aliphatic carboxylic acids is 1. The van der Waals surface area contributed by atoms with Crippen LogP contribution in [0.4, 0.5) is 5.13 Å². The zero-order valence-corrected chi connectivity index (χ0v) is 23.2. The van der Waals surface area contributed by atoms with Gasteiger partial charge in [-0.25, -0.2) is 14.5 Å². The molecule has 2 aromatic heterocycles. The van der Waals surface area contributed by atoms with Crippen LogP contribution in [-0.2, 0) is 19.2 Å². The van der Waals surface area contributed by atoms with E-state index in [1.807, 2.05) is 30.3 Å². The van der Waals surface area contributed by atoms with Crippen LogP contribution in [0.25, 0.3) is 5.69 Å². The first kappa shape index (κ1) is 26.4. The van der Waals surface area contributed by atoms with Crippen molar-refractivity contribution in [2.45, 2.75) is 29.3 Å². The summed E-state index contributed by atoms with van der Waals surface area (Å²) in [6, 6.07) is 10.3. The maximum absolute atomic E-state index is 13.2. The molecular weight excluding hydrogens is 575 g/mol. The van der Waals surface area contributed by atoms with E-state index < -0.39 is 29.2 Å². The van der Waals surface area contributed by atoms with Gasteiger partial charge in [-0.2, -0.15) is 5.10 Å². The number of hydrogen-bond acceptors (Lipinski definition) is 11. The highest BCUT2D eigenvalue weighted by Gasteiger charge is 2.54. The Balaban J connectivity index is 1.20. The van der Waals surface area contributed by atoms with Gasteiger partial charge in [-0.1, -0.05) is 35.1 Å². The second-order valence-corrected chi connectivity index (χ2v) is 12.3. The fourth-order valence-electron chi connectivity index (χ4n) is 4.23. The third-order valence-corrected chi connectivity index (χ3v) is 9.64. The lowest BCUT2D eigenvalue weighted by Crippen LogP contribution is -2.71. The number of hydrogen-bond donors (Lipinski definition) is 3. The molecule has 0 bridgehead atoms. The molecule has 2 atom stereocenters. The number of nitrogen functional groups attached to an aromatic ring is 1. The minimum absolute atomic E-state index is 0.0833. The first-order chi connectivity index (χ1) is 19.4. The maximum atomic E-state index is 13.2. The number of thiazole rings is 1. The van der Waals surface area contributed by atoms with E-state index in [-0.39, 0.29) is 22.2 Å². The summed E-state index contributed by atoms with van der Waals surface area (Å²) in [5, 5.41) is 23.1. The standard InChI is InChI=1S/C25H23N7O5S3/c26-25-28-15(11-39-25)18(30-37-10-13-6-7-13)21(33)29-19-22(34)31-20(24(35)36)16(12-38-23(19)31)40-17-8-9-27-32(17)14-4-2-1-3-5-14/h1-5,8-9,11,13,19,23H,6-7,10,12H2,(H2,26,28)(H,29,33)(H,35,36)/b30-18+/t19-,23-/m1/s1. The molecule has 0 radical (unpaired) electrons. The Morgan fingerprint density at radius 2 is 2.05 bits per heavy atom. The molecule has 4 heterocycles. The lowest BCUT2D eigenvalue weighted by Gasteiger charge is -2.49. The summed E-state index contributed by atoms with van der Waals surface area (Å²) < 4.78 is 1.71. The number of carboxylic acids is 1. The number of carbonyl (C=O) groups is 3. The highest BCUT2D eigenvalue weighted by Crippen LogP contribution is 2.45. The van der Waals surface area contributed by atoms with Crippen LogP contribution in [0.5, 0.6) is 0 Å². The average molecular weight is 598 g/mol. The van der Waals surface area contributed by atoms with E-state index in [1.54, 1.807) is 22.3 Å². The molecule has 1 saturated carbocycles. The number of β-lactam (4-membered cyclic amide) rings is 1. The number of anilines is 1. The van der Waals surface area contributed by atoms with Gasteiger partial charge in [0.2, 0.25) is 0 Å². The van der Waals surface area contributed by atoms with Crippen molar-refractivity contribution < 1.29 is 24.3 Å². The van der Waals surface area contributed by atoms with Crippen LogP contribution in [0.15, 0.2) is 68.8 Å². The van der Waals surface area contributed by atoms with Crippen LogP contribution in [0.3, 0.4) is 0 Å². The van der Waals surface area contributed by atoms with Crippen molar-refractivity contribution in [3.63, 3.8) is 0 Å². The van der Waals surface area contributed by atoms with Crippen molar-refractivity contribution >= 4 is 63.5 Å². The van der Waals surface area contributed by atoms with Crippen molar-refractivity contribution in [3.05, 3.63) is 64.3 Å². The molecular formula is C25H23N7O5S3. The topological polar surface area (TPSA) is 165 Å². The quantitative estimate of drug-likeness (QED) is 0.180. The minimum atomic E-state index is -1.22. The van der Waals surface area contributed by atoms with Crippen molar-refractivity contribution in [3.8, 4) is 5.69 Å². The number of nitrogens with one attached hydrogen (secondary N) is 1. The number of benzene rings is 1. The first-order valence-electron chi connectivity index (χ1n) is 12.3. The summed E-state index contributed by atoms with van der Waals surface area (Å²) >= 11 is 3.78. The van der Waals surface area contributed by atoms with Crippen LogP contribution in [-0.4, -0.2) is 72.0 Å². The molecule has 12 nitrogen and oxygen atoms in total. The number of para-hydroxylation sites is 1. The number of nitrogens with zero attached hydrogens (tertiary/aromatic N) is 5. The van der Waals surface area contributed by atoms with Gasteiger partial charge in [0.25, 0.3) is 11.8 Å². The Hall–Kier alpha value is -3.82. The Morgan fingerprint density at radius 1 is 1.25 bits per heavy atom. The van der Waals surface area contributed by atoms with Crippen LogP contribution in [0, 0.1) is 5.92 Å². The van der Waals surface area contributed by atoms with Gasteiger partial charge in [-0.3, -0.25) is 14.5 Å². The van der Waals surface area contributed by atoms with Gasteiger partial charge in [0.1, 0.15) is 34.4 Å². The molecule has 206 valence electrons. The highest BCUT2D eigenvalue weighted by atomic mass is 32.2. The molecule has 0 unspecified atom stereocenters. The molecule has 2 aliphatic heterocycles. The number of carboxylic acid groups (broad SMARTS) is 1. The van der Waals surface area contributed by atoms with E-state index >= 15 is 0 Å². The van der Waals surface area contributed by atoms with E-state index in [9.17, 15) is 19.5 Å². The van der Waals surface area contributed by atoms with Gasteiger partial charge in [-0.15, -0.1) is 23.1 Å². The number of amides is 2. The largest absolute Gasteiger partial charge is 0.477 e. The average Bonchev–Trinajstić information content (AvgIpc) is 3.50. The van der Waals surface area contributed by atoms with Crippen molar-refractivity contribution in [1.29, 1.82) is 0 Å². The van der Waals surface area contributed by atoms with Gasteiger partial charge in [0, 0.05) is 16.0 Å². The fraction of sp³-hybridized carbons (Fsp3) is 0.280. The van der Waals surface area contributed by atoms with Crippen molar-refractivity contribution in [2.24, 2.45) is 11.1 Å². The molecule has 2 amide bonds. The highest BCUT2D eigenvalue weighted by molar-refractivity contribution is 8.06. The summed E-state index contributed by atoms with van der Waals surface area (Å²) in [7, 11) is 0. The third-order valence-electron chi connectivity index (χ3n) is 6.40. The second-order valence-electron chi connectivity index (χ2n) is 9.21. The molecule has 2 fully saturated rings. The number of carbonyl (C=O) groups excluding carboxylic acids is 2. The minimum Gasteiger partial charge on any atom is -0.477 e. The van der Waals surface area contributed by atoms with Gasteiger partial charge >= 0.3 is 5.97 Å². The Morgan fingerprint density at radius 3 is 2.75 bits per heavy atom. The van der Waals surface area contributed by atoms with E-state index in [4.69, 9.17) is 10.6 Å². The van der Waals surface area contributed by atoms with E-state index in [0.717, 1.165) is 29.9 Å². The molecule has 4 N–H and O–H groups in total. The Bertz CT molecular complexity index is 1530. The zero-order chi connectivity index (χ0) is 27.8. The van der Waals surface area contributed by atoms with Crippen LogP contribution in [0.1, 0.15) is 18.5 Å². The van der Waals surface area contributed by atoms with Crippen LogP contribution >= 0.6 is 34.9 Å². The predicted molar refractivity (Wildman–Crippen MR) is 151 cm³/mol. The van der Waals surface area contributed by atoms with Gasteiger partial charge < -0.3 is 21.0 Å². The van der Waals surface area contributed by atoms with Gasteiger partial charge in [-0.05, 0) is 37.0 Å². The fourth-order valence-corrected chi connectivity index (χ4v) is 7.31. The Labute approximate surface area is 240 Å². The molecule has 1 aromatic carbocycles. The van der Waals surface area contributed by atoms with E-state index in [0.29, 0.717) is 28.2 Å². The van der Waals surface area contributed by atoms with E-state index in [1.165, 1.54) is 28.4 Å². The second kappa shape index (κ2) is 11.0. The molecule has 3 aromatic rings.